The molecule has 0 aromatic rings. The molecule has 0 saturated carbocycles. The average Bonchev–Trinajstić information content (AvgIpc) is 2.48. The van der Waals surface area contributed by atoms with E-state index in [-0.39, 0.29) is 6.04 Å². The number of nitrogens with zero attached hydrogens (tertiary/aromatic N) is 1. The van der Waals surface area contributed by atoms with Gasteiger partial charge in [0, 0.05) is 19.1 Å². The fourth-order valence-electron chi connectivity index (χ4n) is 1.61. The van der Waals surface area contributed by atoms with Gasteiger partial charge in [0.1, 0.15) is 0 Å². The summed E-state index contributed by atoms with van der Waals surface area (Å²) in [5.41, 5.74) is 0. The molecule has 1 heterocycles. The number of hydrogen-bond acceptors (Lipinski definition) is 2. The quantitative estimate of drug-likeness (QED) is 0.660. The van der Waals surface area contributed by atoms with Gasteiger partial charge in [-0.1, -0.05) is 6.92 Å². The molecular weight excluding hydrogens is 156 g/mol. The lowest BCUT2D eigenvalue weighted by atomic mass is 10.2. The van der Waals surface area contributed by atoms with Crippen LogP contribution in [0.2, 0.25) is 0 Å². The number of likely N-dealkylation sites (tertiary alicyclic amines) is 1. The monoisotopic (exact) mass is 172 g/mol. The summed E-state index contributed by atoms with van der Waals surface area (Å²) in [4.78, 5) is 12.2. The van der Waals surface area contributed by atoms with Crippen molar-refractivity contribution in [1.29, 1.82) is 0 Å². The molecule has 1 aliphatic heterocycles. The Morgan fingerprint density at radius 1 is 1.75 bits per heavy atom. The van der Waals surface area contributed by atoms with Gasteiger partial charge in [-0.25, -0.2) is 4.79 Å². The van der Waals surface area contributed by atoms with Crippen LogP contribution in [0.25, 0.3) is 0 Å². The summed E-state index contributed by atoms with van der Waals surface area (Å²) >= 11 is 0. The highest BCUT2D eigenvalue weighted by Gasteiger charge is 2.27. The minimum Gasteiger partial charge on any atom is -0.465 e. The van der Waals surface area contributed by atoms with Crippen LogP contribution in [0, 0.1) is 0 Å². The van der Waals surface area contributed by atoms with Crippen LogP contribution in [0.5, 0.6) is 0 Å². The number of rotatable bonds is 3. The van der Waals surface area contributed by atoms with Crippen molar-refractivity contribution in [3.05, 3.63) is 0 Å². The van der Waals surface area contributed by atoms with Crippen molar-refractivity contribution >= 4 is 6.09 Å². The van der Waals surface area contributed by atoms with Gasteiger partial charge in [0.05, 0.1) is 0 Å². The highest BCUT2D eigenvalue weighted by atomic mass is 16.4. The lowest BCUT2D eigenvalue weighted by molar-refractivity contribution is 0.140. The molecule has 70 valence electrons. The zero-order chi connectivity index (χ0) is 8.97. The van der Waals surface area contributed by atoms with E-state index in [1.54, 1.807) is 0 Å². The largest absolute Gasteiger partial charge is 0.465 e. The van der Waals surface area contributed by atoms with Crippen LogP contribution in [0.15, 0.2) is 0 Å². The van der Waals surface area contributed by atoms with Crippen molar-refractivity contribution in [2.45, 2.75) is 25.8 Å². The Bertz CT molecular complexity index is 161. The molecule has 0 spiro atoms. The van der Waals surface area contributed by atoms with E-state index in [1.807, 2.05) is 6.92 Å². The Balaban J connectivity index is 2.35. The van der Waals surface area contributed by atoms with Crippen molar-refractivity contribution in [2.75, 3.05) is 19.6 Å². The Hall–Kier alpha value is -0.770. The van der Waals surface area contributed by atoms with E-state index >= 15 is 0 Å². The number of amides is 1. The van der Waals surface area contributed by atoms with Crippen LogP contribution in [-0.4, -0.2) is 41.8 Å². The SMILES string of the molecule is CCNC[C@@H]1CCCN1C(=O)O. The Kier molecular flexibility index (Phi) is 3.34. The van der Waals surface area contributed by atoms with E-state index in [4.69, 9.17) is 5.11 Å². The van der Waals surface area contributed by atoms with Crippen LogP contribution in [0.3, 0.4) is 0 Å². The Morgan fingerprint density at radius 3 is 3.08 bits per heavy atom. The summed E-state index contributed by atoms with van der Waals surface area (Å²) in [6.07, 6.45) is 1.22. The van der Waals surface area contributed by atoms with Crippen LogP contribution < -0.4 is 5.32 Å². The van der Waals surface area contributed by atoms with Gasteiger partial charge < -0.3 is 15.3 Å². The molecule has 1 fully saturated rings. The first kappa shape index (κ1) is 9.32. The van der Waals surface area contributed by atoms with E-state index in [0.29, 0.717) is 6.54 Å². The van der Waals surface area contributed by atoms with Gasteiger partial charge in [0.25, 0.3) is 0 Å². The van der Waals surface area contributed by atoms with E-state index in [9.17, 15) is 4.79 Å². The highest BCUT2D eigenvalue weighted by molar-refractivity contribution is 5.65. The summed E-state index contributed by atoms with van der Waals surface area (Å²) in [5, 5.41) is 12.0. The molecular formula is C8H16N2O2. The third-order valence-electron chi connectivity index (χ3n) is 2.25. The zero-order valence-electron chi connectivity index (χ0n) is 7.42. The number of carboxylic acid groups (broad SMARTS) is 1. The molecule has 1 rings (SSSR count). The maximum Gasteiger partial charge on any atom is 0.407 e. The molecule has 0 aromatic heterocycles. The van der Waals surface area contributed by atoms with Crippen LogP contribution >= 0.6 is 0 Å². The first-order valence-corrected chi connectivity index (χ1v) is 4.46. The molecule has 2 N–H and O–H groups in total. The normalized spacial score (nSPS) is 23.1. The number of nitrogens with one attached hydrogen (secondary N) is 1. The van der Waals surface area contributed by atoms with Crippen molar-refractivity contribution in [2.24, 2.45) is 0 Å². The van der Waals surface area contributed by atoms with Crippen molar-refractivity contribution < 1.29 is 9.90 Å². The summed E-state index contributed by atoms with van der Waals surface area (Å²) < 4.78 is 0. The van der Waals surface area contributed by atoms with Crippen LogP contribution in [0.1, 0.15) is 19.8 Å². The smallest absolute Gasteiger partial charge is 0.407 e. The average molecular weight is 172 g/mol. The number of carbonyl (C=O) groups is 1. The third kappa shape index (κ3) is 2.11. The van der Waals surface area contributed by atoms with Crippen LogP contribution in [-0.2, 0) is 0 Å². The minimum atomic E-state index is -0.782. The second-order valence-electron chi connectivity index (χ2n) is 3.08. The molecule has 0 aliphatic carbocycles. The highest BCUT2D eigenvalue weighted by Crippen LogP contribution is 2.15. The molecule has 1 aliphatic rings. The fraction of sp³-hybridized carbons (Fsp3) is 0.875. The molecule has 1 atom stereocenters. The predicted octanol–water partition coefficient (Wildman–Crippen LogP) is 0.738. The van der Waals surface area contributed by atoms with E-state index < -0.39 is 6.09 Å². The number of hydrogen-bond donors (Lipinski definition) is 2. The van der Waals surface area contributed by atoms with Gasteiger partial charge in [-0.05, 0) is 19.4 Å². The van der Waals surface area contributed by atoms with E-state index in [0.717, 1.165) is 25.9 Å². The maximum atomic E-state index is 10.7. The first-order chi connectivity index (χ1) is 5.75. The molecule has 0 aromatic carbocycles. The second-order valence-corrected chi connectivity index (χ2v) is 3.08. The molecule has 0 radical (unpaired) electrons. The van der Waals surface area contributed by atoms with Crippen molar-refractivity contribution in [3.63, 3.8) is 0 Å². The maximum absolute atomic E-state index is 10.7. The number of likely N-dealkylation sites (N-methyl/N-ethyl adjacent to an activating group) is 1. The lowest BCUT2D eigenvalue weighted by Crippen LogP contribution is -2.40. The van der Waals surface area contributed by atoms with Gasteiger partial charge in [-0.3, -0.25) is 0 Å². The first-order valence-electron chi connectivity index (χ1n) is 4.46. The molecule has 4 nitrogen and oxygen atoms in total. The van der Waals surface area contributed by atoms with Crippen molar-refractivity contribution in [3.8, 4) is 0 Å². The zero-order valence-corrected chi connectivity index (χ0v) is 7.42. The Labute approximate surface area is 72.6 Å². The predicted molar refractivity (Wildman–Crippen MR) is 46.3 cm³/mol. The van der Waals surface area contributed by atoms with Crippen molar-refractivity contribution in [1.82, 2.24) is 10.2 Å². The molecule has 1 amide bonds. The van der Waals surface area contributed by atoms with Crippen LogP contribution in [0.4, 0.5) is 4.79 Å². The molecule has 12 heavy (non-hydrogen) atoms. The Morgan fingerprint density at radius 2 is 2.50 bits per heavy atom. The summed E-state index contributed by atoms with van der Waals surface area (Å²) in [5.74, 6) is 0. The van der Waals surface area contributed by atoms with E-state index in [1.165, 1.54) is 4.90 Å². The fourth-order valence-corrected chi connectivity index (χ4v) is 1.61. The van der Waals surface area contributed by atoms with Gasteiger partial charge in [-0.2, -0.15) is 0 Å². The third-order valence-corrected chi connectivity index (χ3v) is 2.25. The second kappa shape index (κ2) is 4.30. The van der Waals surface area contributed by atoms with E-state index in [2.05, 4.69) is 5.32 Å². The topological polar surface area (TPSA) is 52.6 Å². The molecule has 0 bridgehead atoms. The summed E-state index contributed by atoms with van der Waals surface area (Å²) in [6, 6.07) is 0.197. The molecule has 0 unspecified atom stereocenters. The van der Waals surface area contributed by atoms with Gasteiger partial charge >= 0.3 is 6.09 Å². The van der Waals surface area contributed by atoms with Gasteiger partial charge in [-0.15, -0.1) is 0 Å². The summed E-state index contributed by atoms with van der Waals surface area (Å²) in [6.45, 7) is 4.43. The van der Waals surface area contributed by atoms with Gasteiger partial charge in [0.2, 0.25) is 0 Å². The summed E-state index contributed by atoms with van der Waals surface area (Å²) in [7, 11) is 0. The van der Waals surface area contributed by atoms with Gasteiger partial charge in [0.15, 0.2) is 0 Å². The molecule has 1 saturated heterocycles. The standard InChI is InChI=1S/C8H16N2O2/c1-2-9-6-7-4-3-5-10(7)8(11)12/h7,9H,2-6H2,1H3,(H,11,12)/t7-/m0/s1. The molecule has 4 heteroatoms. The lowest BCUT2D eigenvalue weighted by Gasteiger charge is -2.21. The minimum absolute atomic E-state index is 0.197.